The van der Waals surface area contributed by atoms with Gasteiger partial charge in [-0.3, -0.25) is 19.2 Å². The number of allylic oxidation sites excluding steroid dienone is 2. The molecule has 0 radical (unpaired) electrons. The fraction of sp³-hybridized carbons (Fsp3) is 0.755. The number of rotatable bonds is 7. The summed E-state index contributed by atoms with van der Waals surface area (Å²) in [7, 11) is 0. The molecule has 6 fully saturated rings. The van der Waals surface area contributed by atoms with Gasteiger partial charge in [-0.25, -0.2) is 0 Å². The van der Waals surface area contributed by atoms with Crippen molar-refractivity contribution in [1.82, 2.24) is 0 Å². The quantitative estimate of drug-likeness (QED) is 0.146. The van der Waals surface area contributed by atoms with Crippen molar-refractivity contribution in [2.45, 2.75) is 174 Å². The van der Waals surface area contributed by atoms with Crippen molar-refractivity contribution < 1.29 is 28.7 Å². The Balaban J connectivity index is 0.000000172. The van der Waals surface area contributed by atoms with E-state index in [1.807, 2.05) is 12.2 Å². The lowest BCUT2D eigenvalue weighted by Gasteiger charge is -2.55. The van der Waals surface area contributed by atoms with Crippen molar-refractivity contribution in [1.29, 1.82) is 0 Å². The summed E-state index contributed by atoms with van der Waals surface area (Å²) in [4.78, 5) is 48.1. The fourth-order valence-corrected chi connectivity index (χ4v) is 14.4. The molecule has 0 heterocycles. The van der Waals surface area contributed by atoms with Gasteiger partial charge in [-0.1, -0.05) is 63.0 Å². The molecule has 12 atom stereocenters. The molecular formula is C49H66O6. The van der Waals surface area contributed by atoms with Crippen LogP contribution in [0.25, 0.3) is 0 Å². The van der Waals surface area contributed by atoms with Crippen molar-refractivity contribution in [2.24, 2.45) is 58.2 Å². The minimum Gasteiger partial charge on any atom is -0.445 e. The normalized spacial score (nSPS) is 42.4. The molecule has 0 aliphatic heterocycles. The third kappa shape index (κ3) is 6.88. The van der Waals surface area contributed by atoms with Crippen LogP contribution in [0.2, 0.25) is 0 Å². The molecular weight excluding hydrogens is 685 g/mol. The van der Waals surface area contributed by atoms with Gasteiger partial charge >= 0.3 is 11.9 Å². The van der Waals surface area contributed by atoms with Crippen LogP contribution in [0.3, 0.4) is 0 Å². The zero-order valence-corrected chi connectivity index (χ0v) is 34.2. The van der Waals surface area contributed by atoms with E-state index in [1.54, 1.807) is 0 Å². The molecule has 55 heavy (non-hydrogen) atoms. The molecule has 8 rings (SSSR count). The van der Waals surface area contributed by atoms with E-state index in [-0.39, 0.29) is 22.8 Å². The van der Waals surface area contributed by atoms with Crippen LogP contribution in [0.15, 0.2) is 23.3 Å². The Hall–Kier alpha value is -3.12. The maximum atomic E-state index is 12.7. The standard InChI is InChI=1S/C27H38O3.C22H28O3/c1-4-6-7-8-9-25(29)30-27(5-2)17-15-24-23-12-10-19-18-20(28)11-13-21(19)22(23)14-16-26(24,27)3;1-4-22(25-14(2)23)12-10-20-19-7-5-15-13-16(24)6-8-17(15)18(19)9-11-21(20,22)3/h2,18,21-24H,4,6-17H2,1,3H3;1,13,17-20H,5-12H2,2-3H3/t21-,22?,23?,24?,26-,27+;17?,18?,19?,20?,21-,22-/m00/s1. The summed E-state index contributed by atoms with van der Waals surface area (Å²) in [5.41, 5.74) is 1.13. The van der Waals surface area contributed by atoms with Gasteiger partial charge in [0.25, 0.3) is 0 Å². The number of carbonyl (C=O) groups excluding carboxylic acids is 4. The highest BCUT2D eigenvalue weighted by Gasteiger charge is 2.65. The smallest absolute Gasteiger partial charge is 0.307 e. The Bertz CT molecular complexity index is 1690. The van der Waals surface area contributed by atoms with Gasteiger partial charge in [-0.2, -0.15) is 0 Å². The van der Waals surface area contributed by atoms with Crippen LogP contribution >= 0.6 is 0 Å². The van der Waals surface area contributed by atoms with E-state index in [0.717, 1.165) is 109 Å². The average Bonchev–Trinajstić information content (AvgIpc) is 3.63. The molecule has 0 spiro atoms. The molecule has 6 saturated carbocycles. The predicted octanol–water partition coefficient (Wildman–Crippen LogP) is 10.1. The summed E-state index contributed by atoms with van der Waals surface area (Å²) >= 11 is 0. The summed E-state index contributed by atoms with van der Waals surface area (Å²) < 4.78 is 12.0. The monoisotopic (exact) mass is 750 g/mol. The van der Waals surface area contributed by atoms with E-state index < -0.39 is 11.2 Å². The highest BCUT2D eigenvalue weighted by atomic mass is 16.6. The van der Waals surface area contributed by atoms with E-state index in [0.29, 0.717) is 78.2 Å². The molecule has 6 nitrogen and oxygen atoms in total. The second-order valence-electron chi connectivity index (χ2n) is 19.4. The van der Waals surface area contributed by atoms with Crippen LogP contribution in [0, 0.1) is 82.9 Å². The second kappa shape index (κ2) is 15.7. The third-order valence-corrected chi connectivity index (χ3v) is 17.1. The highest BCUT2D eigenvalue weighted by Crippen LogP contribution is 2.67. The van der Waals surface area contributed by atoms with E-state index in [9.17, 15) is 19.2 Å². The molecule has 6 heteroatoms. The zero-order valence-electron chi connectivity index (χ0n) is 34.2. The van der Waals surface area contributed by atoms with Crippen LogP contribution in [-0.2, 0) is 28.7 Å². The first-order valence-corrected chi connectivity index (χ1v) is 22.2. The summed E-state index contributed by atoms with van der Waals surface area (Å²) in [5.74, 6) is 11.1. The number of hydrogen-bond donors (Lipinski definition) is 0. The molecule has 0 aromatic heterocycles. The Morgan fingerprint density at radius 1 is 0.655 bits per heavy atom. The third-order valence-electron chi connectivity index (χ3n) is 17.1. The largest absolute Gasteiger partial charge is 0.445 e. The fourth-order valence-electron chi connectivity index (χ4n) is 14.4. The first-order valence-electron chi connectivity index (χ1n) is 22.2. The molecule has 0 bridgehead atoms. The Morgan fingerprint density at radius 3 is 1.60 bits per heavy atom. The zero-order chi connectivity index (χ0) is 39.2. The SMILES string of the molecule is C#C[C@@]1(OC(=O)CCCCCC)CCC2C3CCC4=CC(=O)CC[C@@H]4C3CC[C@@]21C.C#C[C@]1(OC(C)=O)CCC2C3CCC4=CC(=O)CCC4C3CC[C@@]21C. The minimum atomic E-state index is -0.733. The van der Waals surface area contributed by atoms with Crippen LogP contribution < -0.4 is 0 Å². The maximum absolute atomic E-state index is 12.7. The number of fused-ring (bicyclic) bond motifs is 10. The lowest BCUT2D eigenvalue weighted by Crippen LogP contribution is -2.53. The van der Waals surface area contributed by atoms with Crippen molar-refractivity contribution in [2.75, 3.05) is 0 Å². The lowest BCUT2D eigenvalue weighted by molar-refractivity contribution is -0.170. The molecule has 0 N–H and O–H groups in total. The number of ketones is 2. The molecule has 0 aromatic rings. The lowest BCUT2D eigenvalue weighted by atomic mass is 9.50. The molecule has 8 aliphatic rings. The van der Waals surface area contributed by atoms with Gasteiger partial charge in [0.2, 0.25) is 0 Å². The molecule has 0 aromatic carbocycles. The Labute approximate surface area is 331 Å². The Morgan fingerprint density at radius 2 is 1.15 bits per heavy atom. The Kier molecular flexibility index (Phi) is 11.4. The van der Waals surface area contributed by atoms with Crippen LogP contribution in [0.4, 0.5) is 0 Å². The number of carbonyl (C=O) groups is 4. The first kappa shape index (κ1) is 40.1. The van der Waals surface area contributed by atoms with E-state index in [2.05, 4.69) is 32.6 Å². The van der Waals surface area contributed by atoms with E-state index in [1.165, 1.54) is 24.5 Å². The predicted molar refractivity (Wildman–Crippen MR) is 214 cm³/mol. The van der Waals surface area contributed by atoms with Crippen molar-refractivity contribution in [3.63, 3.8) is 0 Å². The minimum absolute atomic E-state index is 0.104. The van der Waals surface area contributed by atoms with Gasteiger partial charge in [0.1, 0.15) is 0 Å². The summed E-state index contributed by atoms with van der Waals surface area (Å²) in [6.07, 6.45) is 36.7. The van der Waals surface area contributed by atoms with Crippen molar-refractivity contribution in [3.05, 3.63) is 23.3 Å². The van der Waals surface area contributed by atoms with Gasteiger partial charge in [-0.15, -0.1) is 12.8 Å². The number of esters is 2. The average molecular weight is 751 g/mol. The molecule has 0 saturated heterocycles. The maximum Gasteiger partial charge on any atom is 0.307 e. The van der Waals surface area contributed by atoms with Crippen LogP contribution in [-0.4, -0.2) is 34.7 Å². The summed E-state index contributed by atoms with van der Waals surface area (Å²) in [6, 6.07) is 0. The number of hydrogen-bond acceptors (Lipinski definition) is 6. The summed E-state index contributed by atoms with van der Waals surface area (Å²) in [6.45, 7) is 8.22. The molecule has 7 unspecified atom stereocenters. The topological polar surface area (TPSA) is 86.7 Å². The molecule has 8 aliphatic carbocycles. The van der Waals surface area contributed by atoms with Gasteiger partial charge in [-0.05, 0) is 156 Å². The molecule has 298 valence electrons. The highest BCUT2D eigenvalue weighted by molar-refractivity contribution is 5.91. The van der Waals surface area contributed by atoms with E-state index in [4.69, 9.17) is 22.3 Å². The molecule has 0 amide bonds. The van der Waals surface area contributed by atoms with Crippen molar-refractivity contribution >= 4 is 23.5 Å². The number of unbranched alkanes of at least 4 members (excludes halogenated alkanes) is 3. The van der Waals surface area contributed by atoms with Gasteiger partial charge < -0.3 is 9.47 Å². The van der Waals surface area contributed by atoms with Crippen LogP contribution in [0.1, 0.15) is 163 Å². The number of ether oxygens (including phenoxy) is 2. The second-order valence-corrected chi connectivity index (χ2v) is 19.4. The van der Waals surface area contributed by atoms with Crippen molar-refractivity contribution in [3.8, 4) is 24.7 Å². The summed E-state index contributed by atoms with van der Waals surface area (Å²) in [5, 5.41) is 0. The van der Waals surface area contributed by atoms with E-state index >= 15 is 0 Å². The van der Waals surface area contributed by atoms with Gasteiger partial charge in [0, 0.05) is 37.0 Å². The van der Waals surface area contributed by atoms with Gasteiger partial charge in [0.05, 0.1) is 0 Å². The van der Waals surface area contributed by atoms with Gasteiger partial charge in [0.15, 0.2) is 22.8 Å². The van der Waals surface area contributed by atoms with Crippen LogP contribution in [0.5, 0.6) is 0 Å². The number of terminal acetylenes is 2. The first-order chi connectivity index (χ1) is 26.3.